The van der Waals surface area contributed by atoms with Gasteiger partial charge in [0.1, 0.15) is 5.04 Å². The largest absolute Gasteiger partial charge is 0.416 e. The van der Waals surface area contributed by atoms with Crippen LogP contribution >= 0.6 is 23.5 Å². The van der Waals surface area contributed by atoms with E-state index in [-0.39, 0.29) is 6.54 Å². The van der Waals surface area contributed by atoms with Crippen LogP contribution in [0.5, 0.6) is 0 Å². The zero-order valence-electron chi connectivity index (χ0n) is 15.4. The summed E-state index contributed by atoms with van der Waals surface area (Å²) in [4.78, 5) is 10.7. The highest BCUT2D eigenvalue weighted by Gasteiger charge is 2.38. The fourth-order valence-electron chi connectivity index (χ4n) is 3.65. The van der Waals surface area contributed by atoms with Gasteiger partial charge in [-0.25, -0.2) is 0 Å². The quantitative estimate of drug-likeness (QED) is 0.517. The molecule has 7 heteroatoms. The lowest BCUT2D eigenvalue weighted by Gasteiger charge is -2.20. The molecule has 1 aromatic rings. The van der Waals surface area contributed by atoms with E-state index in [1.54, 1.807) is 6.20 Å². The number of hydrogen-bond acceptors (Lipinski definition) is 4. The molecule has 29 heavy (non-hydrogen) atoms. The number of aromatic nitrogens is 1. The van der Waals surface area contributed by atoms with Crippen molar-refractivity contribution in [3.8, 4) is 0 Å². The van der Waals surface area contributed by atoms with Crippen molar-refractivity contribution in [2.45, 2.75) is 19.5 Å². The number of halogens is 3. The fraction of sp³-hybridized carbons (Fsp3) is 0.182. The van der Waals surface area contributed by atoms with E-state index in [2.05, 4.69) is 9.98 Å². The van der Waals surface area contributed by atoms with Crippen molar-refractivity contribution in [2.75, 3.05) is 6.54 Å². The Balaban J connectivity index is 1.66. The first-order valence-corrected chi connectivity index (χ1v) is 10.8. The van der Waals surface area contributed by atoms with Gasteiger partial charge in [0.25, 0.3) is 0 Å². The standard InChI is InChI=1S/C22H15F3N2S2/c1-12-4-5-14(10-26-12)21-27-11-15-7-16(22(23,24)25)9-18-17(20(15)29-21)8-13-3-2-6-28-19(13)18/h2-7,9-10H,8,11H2,1H3. The van der Waals surface area contributed by atoms with Gasteiger partial charge in [0.15, 0.2) is 0 Å². The average Bonchev–Trinajstić information content (AvgIpc) is 2.97. The first-order valence-electron chi connectivity index (χ1n) is 9.06. The van der Waals surface area contributed by atoms with Crippen molar-refractivity contribution in [3.05, 3.63) is 97.0 Å². The molecule has 0 bridgehead atoms. The molecule has 0 amide bonds. The summed E-state index contributed by atoms with van der Waals surface area (Å²) in [6, 6.07) is 3.88. The Hall–Kier alpha value is -2.25. The van der Waals surface area contributed by atoms with Crippen molar-refractivity contribution in [3.63, 3.8) is 0 Å². The van der Waals surface area contributed by atoms with Gasteiger partial charge in [-0.1, -0.05) is 35.7 Å². The van der Waals surface area contributed by atoms with E-state index in [0.717, 1.165) is 37.3 Å². The summed E-state index contributed by atoms with van der Waals surface area (Å²) >= 11 is 2.94. The van der Waals surface area contributed by atoms with Crippen LogP contribution in [0.25, 0.3) is 0 Å². The van der Waals surface area contributed by atoms with E-state index in [0.29, 0.717) is 17.6 Å². The smallest absolute Gasteiger partial charge is 0.273 e. The summed E-state index contributed by atoms with van der Waals surface area (Å²) in [6.45, 7) is 2.15. The maximum Gasteiger partial charge on any atom is 0.416 e. The Labute approximate surface area is 174 Å². The first kappa shape index (κ1) is 18.8. The van der Waals surface area contributed by atoms with Crippen LogP contribution in [0.2, 0.25) is 0 Å². The Morgan fingerprint density at radius 1 is 1.07 bits per heavy atom. The third kappa shape index (κ3) is 3.36. The molecule has 0 saturated carbocycles. The van der Waals surface area contributed by atoms with E-state index in [1.165, 1.54) is 35.7 Å². The van der Waals surface area contributed by atoms with Gasteiger partial charge < -0.3 is 0 Å². The van der Waals surface area contributed by atoms with Crippen LogP contribution in [-0.2, 0) is 0 Å². The molecular formula is C22H15F3N2S2. The zero-order valence-corrected chi connectivity index (χ0v) is 17.0. The Bertz CT molecular complexity index is 1130. The molecule has 0 saturated heterocycles. The van der Waals surface area contributed by atoms with Crippen LogP contribution in [0.1, 0.15) is 17.7 Å². The number of pyridine rings is 1. The molecule has 0 fully saturated rings. The van der Waals surface area contributed by atoms with Crippen LogP contribution in [0.4, 0.5) is 13.2 Å². The highest BCUT2D eigenvalue weighted by atomic mass is 32.2. The zero-order chi connectivity index (χ0) is 20.2. The number of aliphatic imine (C=N–C) groups is 1. The number of alkyl halides is 3. The molecule has 0 aromatic carbocycles. The van der Waals surface area contributed by atoms with Crippen LogP contribution in [0, 0.1) is 6.92 Å². The number of aryl methyl sites for hydroxylation is 1. The van der Waals surface area contributed by atoms with E-state index < -0.39 is 11.7 Å². The minimum absolute atomic E-state index is 0.232. The van der Waals surface area contributed by atoms with Crippen molar-refractivity contribution in [2.24, 2.45) is 4.99 Å². The summed E-state index contributed by atoms with van der Waals surface area (Å²) < 4.78 is 41.1. The molecular weight excluding hydrogens is 413 g/mol. The van der Waals surface area contributed by atoms with Crippen molar-refractivity contribution in [1.82, 2.24) is 4.98 Å². The van der Waals surface area contributed by atoms with Gasteiger partial charge >= 0.3 is 6.18 Å². The molecule has 5 rings (SSSR count). The lowest BCUT2D eigenvalue weighted by atomic mass is 10.1. The minimum Gasteiger partial charge on any atom is -0.273 e. The topological polar surface area (TPSA) is 25.2 Å². The van der Waals surface area contributed by atoms with Crippen LogP contribution < -0.4 is 0 Å². The third-order valence-corrected chi connectivity index (χ3v) is 7.35. The number of hydrogen-bond donors (Lipinski definition) is 0. The summed E-state index contributed by atoms with van der Waals surface area (Å²) in [7, 11) is 0. The van der Waals surface area contributed by atoms with Crippen molar-refractivity contribution >= 4 is 28.6 Å². The molecule has 1 aromatic heterocycles. The van der Waals surface area contributed by atoms with Crippen LogP contribution in [0.3, 0.4) is 0 Å². The summed E-state index contributed by atoms with van der Waals surface area (Å²) in [5, 5.41) is 2.71. The van der Waals surface area contributed by atoms with Gasteiger partial charge in [-0.05, 0) is 58.9 Å². The van der Waals surface area contributed by atoms with Crippen molar-refractivity contribution in [1.29, 1.82) is 0 Å². The number of thioether (sulfide) groups is 2. The average molecular weight is 429 g/mol. The molecule has 0 spiro atoms. The highest BCUT2D eigenvalue weighted by molar-refractivity contribution is 8.18. The number of allylic oxidation sites excluding steroid dienone is 8. The first-order chi connectivity index (χ1) is 13.9. The molecule has 0 atom stereocenters. The maximum absolute atomic E-state index is 13.7. The van der Waals surface area contributed by atoms with Gasteiger partial charge in [-0.3, -0.25) is 9.98 Å². The normalized spacial score (nSPS) is 21.0. The fourth-order valence-corrected chi connectivity index (χ4v) is 5.67. The molecule has 4 aliphatic rings. The van der Waals surface area contributed by atoms with E-state index in [1.807, 2.05) is 36.6 Å². The van der Waals surface area contributed by atoms with Crippen LogP contribution in [0.15, 0.2) is 90.7 Å². The predicted octanol–water partition coefficient (Wildman–Crippen LogP) is 6.41. The van der Waals surface area contributed by atoms with Gasteiger partial charge in [0, 0.05) is 33.7 Å². The van der Waals surface area contributed by atoms with Crippen LogP contribution in [-0.4, -0.2) is 22.7 Å². The molecule has 0 unspecified atom stereocenters. The second kappa shape index (κ2) is 6.92. The summed E-state index contributed by atoms with van der Waals surface area (Å²) in [5.74, 6) is 0. The third-order valence-electron chi connectivity index (χ3n) is 5.06. The molecule has 0 radical (unpaired) electrons. The molecule has 3 heterocycles. The summed E-state index contributed by atoms with van der Waals surface area (Å²) in [5.41, 5.74) is 4.55. The van der Waals surface area contributed by atoms with E-state index in [4.69, 9.17) is 0 Å². The maximum atomic E-state index is 13.7. The van der Waals surface area contributed by atoms with Gasteiger partial charge in [-0.15, -0.1) is 0 Å². The lowest BCUT2D eigenvalue weighted by molar-refractivity contribution is -0.0882. The Morgan fingerprint density at radius 3 is 2.69 bits per heavy atom. The van der Waals surface area contributed by atoms with Crippen molar-refractivity contribution < 1.29 is 13.2 Å². The molecule has 146 valence electrons. The molecule has 2 aliphatic heterocycles. The molecule has 0 N–H and O–H groups in total. The number of fused-ring (bicyclic) bond motifs is 3. The summed E-state index contributed by atoms with van der Waals surface area (Å²) in [6.07, 6.45) is 4.53. The number of nitrogens with zero attached hydrogens (tertiary/aromatic N) is 2. The van der Waals surface area contributed by atoms with E-state index in [9.17, 15) is 13.2 Å². The van der Waals surface area contributed by atoms with E-state index >= 15 is 0 Å². The molecule has 2 aliphatic carbocycles. The van der Waals surface area contributed by atoms with Gasteiger partial charge in [-0.2, -0.15) is 13.2 Å². The highest BCUT2D eigenvalue weighted by Crippen LogP contribution is 2.52. The molecule has 2 nitrogen and oxygen atoms in total. The Morgan fingerprint density at radius 2 is 1.93 bits per heavy atom. The monoisotopic (exact) mass is 428 g/mol. The second-order valence-electron chi connectivity index (χ2n) is 7.04. The lowest BCUT2D eigenvalue weighted by Crippen LogP contribution is -2.12. The predicted molar refractivity (Wildman–Crippen MR) is 114 cm³/mol. The number of rotatable bonds is 1. The Kier molecular flexibility index (Phi) is 4.47. The SMILES string of the molecule is Cc1ccc(C2=NCC3=CC(C(F)(F)F)=CC4=C5SC=CC=C5CC4=C3S2)cn1. The van der Waals surface area contributed by atoms with Gasteiger partial charge in [0.2, 0.25) is 0 Å². The van der Waals surface area contributed by atoms with Gasteiger partial charge in [0.05, 0.1) is 12.1 Å². The second-order valence-corrected chi connectivity index (χ2v) is 8.96. The minimum atomic E-state index is -4.40.